The summed E-state index contributed by atoms with van der Waals surface area (Å²) in [5, 5.41) is 0. The maximum atomic E-state index is 12.1. The molecular formula is C11H22ClNO2S. The number of hydrogen-bond acceptors (Lipinski definition) is 2. The molecule has 0 atom stereocenters. The van der Waals surface area contributed by atoms with Gasteiger partial charge in [0.15, 0.2) is 0 Å². The summed E-state index contributed by atoms with van der Waals surface area (Å²) in [6.07, 6.45) is 2.95. The van der Waals surface area contributed by atoms with Gasteiger partial charge in [-0.05, 0) is 33.6 Å². The van der Waals surface area contributed by atoms with E-state index >= 15 is 0 Å². The Kier molecular flexibility index (Phi) is 6.60. The van der Waals surface area contributed by atoms with Crippen molar-refractivity contribution in [3.8, 4) is 0 Å². The van der Waals surface area contributed by atoms with E-state index in [2.05, 4.69) is 6.58 Å². The van der Waals surface area contributed by atoms with E-state index in [-0.39, 0.29) is 5.75 Å². The SMILES string of the molecule is C=CCN(C(C)(C)C)S(=O)(=O)CCCCCl. The molecule has 0 fully saturated rings. The Labute approximate surface area is 105 Å². The number of sulfonamides is 1. The lowest BCUT2D eigenvalue weighted by molar-refractivity contribution is 0.269. The van der Waals surface area contributed by atoms with Crippen molar-refractivity contribution in [2.24, 2.45) is 0 Å². The van der Waals surface area contributed by atoms with Crippen LogP contribution in [0, 0.1) is 0 Å². The molecular weight excluding hydrogens is 246 g/mol. The number of hydrogen-bond donors (Lipinski definition) is 0. The zero-order chi connectivity index (χ0) is 12.8. The maximum Gasteiger partial charge on any atom is 0.214 e. The van der Waals surface area contributed by atoms with Gasteiger partial charge >= 0.3 is 0 Å². The molecule has 0 aliphatic carbocycles. The first-order valence-corrected chi connectivity index (χ1v) is 7.57. The Hall–Kier alpha value is -0.0600. The van der Waals surface area contributed by atoms with Crippen molar-refractivity contribution < 1.29 is 8.42 Å². The van der Waals surface area contributed by atoms with Gasteiger partial charge in [0.05, 0.1) is 5.75 Å². The maximum absolute atomic E-state index is 12.1. The zero-order valence-corrected chi connectivity index (χ0v) is 11.9. The normalized spacial score (nSPS) is 13.1. The lowest BCUT2D eigenvalue weighted by Crippen LogP contribution is -2.46. The van der Waals surface area contributed by atoms with Crippen LogP contribution in [0.1, 0.15) is 33.6 Å². The van der Waals surface area contributed by atoms with Gasteiger partial charge in [0.1, 0.15) is 0 Å². The minimum Gasteiger partial charge on any atom is -0.212 e. The highest BCUT2D eigenvalue weighted by Gasteiger charge is 2.30. The molecule has 96 valence electrons. The molecule has 0 radical (unpaired) electrons. The first-order valence-electron chi connectivity index (χ1n) is 5.43. The summed E-state index contributed by atoms with van der Waals surface area (Å²) in [6.45, 7) is 9.60. The topological polar surface area (TPSA) is 37.4 Å². The molecule has 0 amide bonds. The molecule has 0 aliphatic heterocycles. The Bertz CT molecular complexity index is 306. The summed E-state index contributed by atoms with van der Waals surface area (Å²) in [7, 11) is -3.21. The molecule has 0 aliphatic rings. The lowest BCUT2D eigenvalue weighted by atomic mass is 10.1. The monoisotopic (exact) mass is 267 g/mol. The van der Waals surface area contributed by atoms with Gasteiger partial charge < -0.3 is 0 Å². The summed E-state index contributed by atoms with van der Waals surface area (Å²) in [6, 6.07) is 0. The van der Waals surface area contributed by atoms with Gasteiger partial charge in [0.25, 0.3) is 0 Å². The second kappa shape index (κ2) is 6.62. The highest BCUT2D eigenvalue weighted by Crippen LogP contribution is 2.19. The van der Waals surface area contributed by atoms with Gasteiger partial charge in [0.2, 0.25) is 10.0 Å². The molecule has 16 heavy (non-hydrogen) atoms. The van der Waals surface area contributed by atoms with Crippen LogP contribution in [0.2, 0.25) is 0 Å². The number of nitrogens with zero attached hydrogens (tertiary/aromatic N) is 1. The molecule has 0 rings (SSSR count). The van der Waals surface area contributed by atoms with Gasteiger partial charge in [-0.15, -0.1) is 18.2 Å². The second-order valence-corrected chi connectivity index (χ2v) is 7.09. The molecule has 0 heterocycles. The van der Waals surface area contributed by atoms with E-state index in [1.807, 2.05) is 20.8 Å². The molecule has 3 nitrogen and oxygen atoms in total. The highest BCUT2D eigenvalue weighted by molar-refractivity contribution is 7.89. The van der Waals surface area contributed by atoms with E-state index in [0.717, 1.165) is 6.42 Å². The lowest BCUT2D eigenvalue weighted by Gasteiger charge is -2.33. The Morgan fingerprint density at radius 1 is 1.31 bits per heavy atom. The summed E-state index contributed by atoms with van der Waals surface area (Å²) in [5.74, 6) is 0.664. The molecule has 0 aromatic heterocycles. The van der Waals surface area contributed by atoms with Crippen LogP contribution < -0.4 is 0 Å². The molecule has 0 unspecified atom stereocenters. The highest BCUT2D eigenvalue weighted by atomic mass is 35.5. The molecule has 0 spiro atoms. The van der Waals surface area contributed by atoms with Crippen LogP contribution in [0.3, 0.4) is 0 Å². The van der Waals surface area contributed by atoms with Crippen molar-refractivity contribution in [2.45, 2.75) is 39.2 Å². The van der Waals surface area contributed by atoms with E-state index in [1.54, 1.807) is 6.08 Å². The number of rotatable bonds is 7. The van der Waals surface area contributed by atoms with Crippen molar-refractivity contribution >= 4 is 21.6 Å². The number of halogens is 1. The van der Waals surface area contributed by atoms with Crippen LogP contribution in [0.15, 0.2) is 12.7 Å². The minimum absolute atomic E-state index is 0.158. The van der Waals surface area contributed by atoms with Crippen molar-refractivity contribution in [3.05, 3.63) is 12.7 Å². The molecule has 0 saturated carbocycles. The molecule has 0 bridgehead atoms. The van der Waals surface area contributed by atoms with Crippen LogP contribution in [0.4, 0.5) is 0 Å². The van der Waals surface area contributed by atoms with Gasteiger partial charge in [-0.3, -0.25) is 0 Å². The third-order valence-corrected chi connectivity index (χ3v) is 4.61. The smallest absolute Gasteiger partial charge is 0.212 e. The first kappa shape index (κ1) is 15.9. The van der Waals surface area contributed by atoms with Crippen molar-refractivity contribution in [1.82, 2.24) is 4.31 Å². The fourth-order valence-corrected chi connectivity index (χ4v) is 3.56. The zero-order valence-electron chi connectivity index (χ0n) is 10.4. The molecule has 0 N–H and O–H groups in total. The largest absolute Gasteiger partial charge is 0.214 e. The van der Waals surface area contributed by atoms with Crippen molar-refractivity contribution in [1.29, 1.82) is 0 Å². The predicted octanol–water partition coefficient (Wildman–Crippen LogP) is 2.62. The summed E-state index contributed by atoms with van der Waals surface area (Å²) < 4.78 is 25.6. The standard InChI is InChI=1S/C11H22ClNO2S/c1-5-9-13(11(2,3)4)16(14,15)10-7-6-8-12/h5H,1,6-10H2,2-4H3. The van der Waals surface area contributed by atoms with Gasteiger partial charge in [-0.25, -0.2) is 8.42 Å². The third-order valence-electron chi connectivity index (χ3n) is 2.16. The molecule has 0 aromatic carbocycles. The quantitative estimate of drug-likeness (QED) is 0.404. The summed E-state index contributed by atoms with van der Waals surface area (Å²) in [4.78, 5) is 0. The molecule has 5 heteroatoms. The Morgan fingerprint density at radius 3 is 2.25 bits per heavy atom. The van der Waals surface area contributed by atoms with Crippen LogP contribution >= 0.6 is 11.6 Å². The van der Waals surface area contributed by atoms with Crippen molar-refractivity contribution in [3.63, 3.8) is 0 Å². The predicted molar refractivity (Wildman–Crippen MR) is 70.4 cm³/mol. The van der Waals surface area contributed by atoms with Gasteiger partial charge in [-0.2, -0.15) is 4.31 Å². The van der Waals surface area contributed by atoms with Crippen LogP contribution in [0.25, 0.3) is 0 Å². The average molecular weight is 268 g/mol. The summed E-state index contributed by atoms with van der Waals surface area (Å²) in [5.41, 5.74) is -0.409. The fourth-order valence-electron chi connectivity index (χ4n) is 1.41. The number of unbranched alkanes of at least 4 members (excludes halogenated alkanes) is 1. The van der Waals surface area contributed by atoms with Crippen LogP contribution in [-0.2, 0) is 10.0 Å². The molecule has 0 saturated heterocycles. The minimum atomic E-state index is -3.21. The van der Waals surface area contributed by atoms with Gasteiger partial charge in [-0.1, -0.05) is 6.08 Å². The van der Waals surface area contributed by atoms with Crippen LogP contribution in [-0.4, -0.2) is 36.4 Å². The first-order chi connectivity index (χ1) is 7.25. The Morgan fingerprint density at radius 2 is 1.88 bits per heavy atom. The number of alkyl halides is 1. The summed E-state index contributed by atoms with van der Waals surface area (Å²) >= 11 is 5.54. The van der Waals surface area contributed by atoms with E-state index in [9.17, 15) is 8.42 Å². The Balaban J connectivity index is 4.70. The third kappa shape index (κ3) is 5.32. The van der Waals surface area contributed by atoms with Gasteiger partial charge in [0, 0.05) is 18.0 Å². The van der Waals surface area contributed by atoms with Crippen LogP contribution in [0.5, 0.6) is 0 Å². The molecule has 0 aromatic rings. The average Bonchev–Trinajstić information content (AvgIpc) is 2.12. The van der Waals surface area contributed by atoms with E-state index < -0.39 is 15.6 Å². The van der Waals surface area contributed by atoms with E-state index in [0.29, 0.717) is 18.8 Å². The second-order valence-electron chi connectivity index (χ2n) is 4.70. The fraction of sp³-hybridized carbons (Fsp3) is 0.818. The van der Waals surface area contributed by atoms with E-state index in [1.165, 1.54) is 4.31 Å². The van der Waals surface area contributed by atoms with Crippen molar-refractivity contribution in [2.75, 3.05) is 18.2 Å². The van der Waals surface area contributed by atoms with E-state index in [4.69, 9.17) is 11.6 Å².